The van der Waals surface area contributed by atoms with E-state index < -0.39 is 0 Å². The van der Waals surface area contributed by atoms with Gasteiger partial charge in [-0.05, 0) is 55.4 Å². The molecule has 0 aromatic heterocycles. The molecule has 0 aliphatic heterocycles. The van der Waals surface area contributed by atoms with Crippen molar-refractivity contribution in [2.45, 2.75) is 38.6 Å². The summed E-state index contributed by atoms with van der Waals surface area (Å²) in [4.78, 5) is 12.1. The second kappa shape index (κ2) is 9.58. The van der Waals surface area contributed by atoms with Gasteiger partial charge < -0.3 is 14.8 Å². The van der Waals surface area contributed by atoms with E-state index in [1.807, 2.05) is 18.2 Å². The predicted octanol–water partition coefficient (Wildman–Crippen LogP) is 4.02. The van der Waals surface area contributed by atoms with Crippen LogP contribution in [0.2, 0.25) is 0 Å². The first-order valence-electron chi connectivity index (χ1n) is 8.47. The molecule has 0 heterocycles. The molecule has 1 aliphatic carbocycles. The van der Waals surface area contributed by atoms with E-state index in [0.717, 1.165) is 24.3 Å². The molecule has 1 saturated carbocycles. The Labute approximate surface area is 149 Å². The van der Waals surface area contributed by atoms with Crippen LogP contribution in [0.25, 0.3) is 6.08 Å². The van der Waals surface area contributed by atoms with Crippen molar-refractivity contribution in [2.24, 2.45) is 5.92 Å². The van der Waals surface area contributed by atoms with Crippen molar-refractivity contribution < 1.29 is 14.3 Å². The minimum absolute atomic E-state index is 0.0454. The zero-order valence-corrected chi connectivity index (χ0v) is 15.1. The van der Waals surface area contributed by atoms with Gasteiger partial charge >= 0.3 is 0 Å². The fourth-order valence-corrected chi connectivity index (χ4v) is 2.96. The lowest BCUT2D eigenvalue weighted by molar-refractivity contribution is -0.117. The van der Waals surface area contributed by atoms with Gasteiger partial charge in [0.2, 0.25) is 5.91 Å². The second-order valence-corrected chi connectivity index (χ2v) is 6.62. The van der Waals surface area contributed by atoms with Gasteiger partial charge in [0.25, 0.3) is 0 Å². The van der Waals surface area contributed by atoms with E-state index in [0.29, 0.717) is 30.0 Å². The summed E-state index contributed by atoms with van der Waals surface area (Å²) < 4.78 is 10.8. The molecule has 1 amide bonds. The molecule has 5 heteroatoms. The van der Waals surface area contributed by atoms with Crippen LogP contribution in [0.5, 0.6) is 11.5 Å². The largest absolute Gasteiger partial charge is 0.493 e. The molecule has 1 aromatic rings. The van der Waals surface area contributed by atoms with E-state index in [-0.39, 0.29) is 5.91 Å². The molecule has 132 valence electrons. The molecule has 0 spiro atoms. The topological polar surface area (TPSA) is 47.6 Å². The highest BCUT2D eigenvalue weighted by molar-refractivity contribution is 6.18. The van der Waals surface area contributed by atoms with Gasteiger partial charge in [0, 0.05) is 12.1 Å². The van der Waals surface area contributed by atoms with Gasteiger partial charge in [-0.1, -0.05) is 13.0 Å². The highest BCUT2D eigenvalue weighted by Gasteiger charge is 2.18. The molecule has 0 bridgehead atoms. The van der Waals surface area contributed by atoms with Gasteiger partial charge in [0.1, 0.15) is 6.61 Å². The Morgan fingerprint density at radius 1 is 1.29 bits per heavy atom. The molecule has 4 nitrogen and oxygen atoms in total. The van der Waals surface area contributed by atoms with Crippen LogP contribution < -0.4 is 14.8 Å². The molecule has 0 radical (unpaired) electrons. The maximum absolute atomic E-state index is 12.1. The Morgan fingerprint density at radius 3 is 2.71 bits per heavy atom. The Hall–Kier alpha value is -1.68. The average Bonchev–Trinajstić information content (AvgIpc) is 2.60. The highest BCUT2D eigenvalue weighted by atomic mass is 35.5. The third kappa shape index (κ3) is 5.75. The first-order valence-corrected chi connectivity index (χ1v) is 9.01. The monoisotopic (exact) mass is 351 g/mol. The zero-order chi connectivity index (χ0) is 17.4. The van der Waals surface area contributed by atoms with E-state index in [1.54, 1.807) is 19.3 Å². The summed E-state index contributed by atoms with van der Waals surface area (Å²) in [6, 6.07) is 5.86. The molecule has 24 heavy (non-hydrogen) atoms. The summed E-state index contributed by atoms with van der Waals surface area (Å²) in [6.07, 6.45) is 7.88. The number of halogens is 1. The van der Waals surface area contributed by atoms with Gasteiger partial charge in [-0.15, -0.1) is 11.6 Å². The molecule has 0 unspecified atom stereocenters. The van der Waals surface area contributed by atoms with Crippen LogP contribution in [-0.4, -0.2) is 31.5 Å². The zero-order valence-electron chi connectivity index (χ0n) is 14.4. The fraction of sp³-hybridized carbons (Fsp3) is 0.526. The normalized spacial score (nSPS) is 20.8. The number of alkyl halides is 1. The number of hydrogen-bond acceptors (Lipinski definition) is 3. The Bertz CT molecular complexity index is 566. The number of rotatable bonds is 7. The third-order valence-corrected chi connectivity index (χ3v) is 4.47. The van der Waals surface area contributed by atoms with Gasteiger partial charge in [0.15, 0.2) is 11.5 Å². The maximum atomic E-state index is 12.1. The van der Waals surface area contributed by atoms with Crippen molar-refractivity contribution in [1.82, 2.24) is 5.32 Å². The van der Waals surface area contributed by atoms with Crippen LogP contribution >= 0.6 is 11.6 Å². The number of methoxy groups -OCH3 is 1. The van der Waals surface area contributed by atoms with E-state index >= 15 is 0 Å². The van der Waals surface area contributed by atoms with Crippen molar-refractivity contribution in [3.63, 3.8) is 0 Å². The lowest BCUT2D eigenvalue weighted by Crippen LogP contribution is -2.36. The molecule has 2 rings (SSSR count). The number of carbonyl (C=O) groups is 1. The number of benzene rings is 1. The minimum Gasteiger partial charge on any atom is -0.493 e. The Balaban J connectivity index is 1.91. The summed E-state index contributed by atoms with van der Waals surface area (Å²) in [5.74, 6) is 2.43. The van der Waals surface area contributed by atoms with Crippen LogP contribution in [0.1, 0.15) is 38.2 Å². The number of ether oxygens (including phenoxy) is 2. The molecule has 0 saturated heterocycles. The fourth-order valence-electron chi connectivity index (χ4n) is 2.88. The van der Waals surface area contributed by atoms with Gasteiger partial charge in [-0.3, -0.25) is 4.79 Å². The highest BCUT2D eigenvalue weighted by Crippen LogP contribution is 2.28. The summed E-state index contributed by atoms with van der Waals surface area (Å²) >= 11 is 5.63. The summed E-state index contributed by atoms with van der Waals surface area (Å²) in [6.45, 7) is 2.70. The average molecular weight is 352 g/mol. The SMILES string of the molecule is COc1cc(C=CC(=O)N[C@H]2CC[C@H](C)CC2)ccc1OCCCl. The quantitative estimate of drug-likeness (QED) is 0.596. The molecule has 1 aromatic carbocycles. The lowest BCUT2D eigenvalue weighted by atomic mass is 9.87. The van der Waals surface area contributed by atoms with Crippen molar-refractivity contribution in [3.8, 4) is 11.5 Å². The molecule has 1 aliphatic rings. The molecule has 1 fully saturated rings. The molecule has 1 N–H and O–H groups in total. The van der Waals surface area contributed by atoms with E-state index in [1.165, 1.54) is 12.8 Å². The lowest BCUT2D eigenvalue weighted by Gasteiger charge is -2.26. The predicted molar refractivity (Wildman–Crippen MR) is 97.8 cm³/mol. The Morgan fingerprint density at radius 2 is 2.04 bits per heavy atom. The number of amides is 1. The summed E-state index contributed by atoms with van der Waals surface area (Å²) in [5, 5.41) is 3.08. The van der Waals surface area contributed by atoms with E-state index in [9.17, 15) is 4.79 Å². The molecule has 0 atom stereocenters. The summed E-state index contributed by atoms with van der Waals surface area (Å²) in [7, 11) is 1.59. The number of nitrogens with one attached hydrogen (secondary N) is 1. The van der Waals surface area contributed by atoms with Crippen molar-refractivity contribution in [1.29, 1.82) is 0 Å². The standard InChI is InChI=1S/C19H26ClNO3/c1-14-3-7-16(8-4-14)21-19(22)10-6-15-5-9-17(24-12-11-20)18(13-15)23-2/h5-6,9-10,13-14,16H,3-4,7-8,11-12H2,1-2H3,(H,21,22)/t14-,16-. The van der Waals surface area contributed by atoms with Crippen molar-refractivity contribution in [2.75, 3.05) is 19.6 Å². The summed E-state index contributed by atoms with van der Waals surface area (Å²) in [5.41, 5.74) is 0.887. The van der Waals surface area contributed by atoms with Gasteiger partial charge in [-0.25, -0.2) is 0 Å². The van der Waals surface area contributed by atoms with Crippen LogP contribution in [0.4, 0.5) is 0 Å². The van der Waals surface area contributed by atoms with Gasteiger partial charge in [0.05, 0.1) is 13.0 Å². The first-order chi connectivity index (χ1) is 11.6. The van der Waals surface area contributed by atoms with Crippen LogP contribution in [-0.2, 0) is 4.79 Å². The molecular formula is C19H26ClNO3. The van der Waals surface area contributed by atoms with Gasteiger partial charge in [-0.2, -0.15) is 0 Å². The maximum Gasteiger partial charge on any atom is 0.244 e. The van der Waals surface area contributed by atoms with Crippen molar-refractivity contribution >= 4 is 23.6 Å². The van der Waals surface area contributed by atoms with Crippen LogP contribution in [0.3, 0.4) is 0 Å². The minimum atomic E-state index is -0.0454. The Kier molecular flexibility index (Phi) is 7.44. The molecular weight excluding hydrogens is 326 g/mol. The van der Waals surface area contributed by atoms with E-state index in [4.69, 9.17) is 21.1 Å². The van der Waals surface area contributed by atoms with Crippen LogP contribution in [0, 0.1) is 5.92 Å². The second-order valence-electron chi connectivity index (χ2n) is 6.25. The van der Waals surface area contributed by atoms with Crippen molar-refractivity contribution in [3.05, 3.63) is 29.8 Å². The first kappa shape index (κ1) is 18.7. The third-order valence-electron chi connectivity index (χ3n) is 4.31. The smallest absolute Gasteiger partial charge is 0.244 e. The van der Waals surface area contributed by atoms with E-state index in [2.05, 4.69) is 12.2 Å². The van der Waals surface area contributed by atoms with Crippen LogP contribution in [0.15, 0.2) is 24.3 Å². The number of hydrogen-bond donors (Lipinski definition) is 1. The number of carbonyl (C=O) groups excluding carboxylic acids is 1.